The summed E-state index contributed by atoms with van der Waals surface area (Å²) in [7, 11) is 0. The molecule has 2 fully saturated rings. The highest BCUT2D eigenvalue weighted by Gasteiger charge is 2.55. The van der Waals surface area contributed by atoms with Crippen LogP contribution in [0.25, 0.3) is 0 Å². The van der Waals surface area contributed by atoms with Crippen LogP contribution in [-0.4, -0.2) is 52.0 Å². The number of hydrazine groups is 1. The molecule has 9 heteroatoms. The van der Waals surface area contributed by atoms with Gasteiger partial charge < -0.3 is 16.2 Å². The molecule has 0 bridgehead atoms. The number of nitrogens with zero attached hydrogens (tertiary/aromatic N) is 1. The van der Waals surface area contributed by atoms with Gasteiger partial charge >= 0.3 is 5.97 Å². The SMILES string of the molecule is CCN1NC(C)C(Cl)(C2CCCCCC2)C1c1cc(F)cc(C(=O)NC[C@@H](N)C(=O)O)c1. The number of carboxylic acid groups (broad SMARTS) is 1. The lowest BCUT2D eigenvalue weighted by Crippen LogP contribution is -2.45. The monoisotopic (exact) mass is 468 g/mol. The highest BCUT2D eigenvalue weighted by atomic mass is 35.5. The van der Waals surface area contributed by atoms with E-state index in [9.17, 15) is 14.0 Å². The molecule has 1 aliphatic carbocycles. The van der Waals surface area contributed by atoms with Gasteiger partial charge in [0.15, 0.2) is 0 Å². The van der Waals surface area contributed by atoms with E-state index in [1.54, 1.807) is 6.07 Å². The molecule has 0 spiro atoms. The summed E-state index contributed by atoms with van der Waals surface area (Å²) in [6.07, 6.45) is 6.72. The fraction of sp³-hybridized carbons (Fsp3) is 0.652. The molecule has 32 heavy (non-hydrogen) atoms. The van der Waals surface area contributed by atoms with Crippen LogP contribution in [-0.2, 0) is 4.79 Å². The molecule has 1 aliphatic heterocycles. The van der Waals surface area contributed by atoms with E-state index < -0.39 is 28.6 Å². The predicted octanol–water partition coefficient (Wildman–Crippen LogP) is 3.19. The zero-order chi connectivity index (χ0) is 23.5. The summed E-state index contributed by atoms with van der Waals surface area (Å²) in [5.41, 5.74) is 9.69. The van der Waals surface area contributed by atoms with Crippen LogP contribution in [0.4, 0.5) is 4.39 Å². The van der Waals surface area contributed by atoms with Gasteiger partial charge in [-0.2, -0.15) is 0 Å². The Morgan fingerprint density at radius 1 is 1.31 bits per heavy atom. The molecule has 2 aliphatic rings. The van der Waals surface area contributed by atoms with Crippen LogP contribution >= 0.6 is 11.6 Å². The van der Waals surface area contributed by atoms with E-state index in [4.69, 9.17) is 22.4 Å². The Kier molecular flexibility index (Phi) is 8.14. The number of nitrogens with two attached hydrogens (primary N) is 1. The van der Waals surface area contributed by atoms with E-state index in [1.807, 2.05) is 11.9 Å². The average Bonchev–Trinajstić information content (AvgIpc) is 2.93. The molecule has 3 unspecified atom stereocenters. The molecule has 1 aromatic carbocycles. The molecule has 1 heterocycles. The van der Waals surface area contributed by atoms with Gasteiger partial charge in [0, 0.05) is 24.7 Å². The third-order valence-electron chi connectivity index (χ3n) is 6.87. The number of nitrogens with one attached hydrogen (secondary N) is 2. The molecular weight excluding hydrogens is 435 g/mol. The molecule has 5 N–H and O–H groups in total. The van der Waals surface area contributed by atoms with Crippen molar-refractivity contribution in [3.05, 3.63) is 35.1 Å². The second-order valence-corrected chi connectivity index (χ2v) is 9.64. The number of benzene rings is 1. The lowest BCUT2D eigenvalue weighted by molar-refractivity contribution is -0.138. The Bertz CT molecular complexity index is 833. The molecule has 0 aromatic heterocycles. The van der Waals surface area contributed by atoms with Crippen LogP contribution in [0.15, 0.2) is 18.2 Å². The topological polar surface area (TPSA) is 108 Å². The van der Waals surface area contributed by atoms with Crippen molar-refractivity contribution in [1.29, 1.82) is 0 Å². The highest BCUT2D eigenvalue weighted by molar-refractivity contribution is 6.25. The maximum Gasteiger partial charge on any atom is 0.322 e. The summed E-state index contributed by atoms with van der Waals surface area (Å²) in [6.45, 7) is 4.51. The summed E-state index contributed by atoms with van der Waals surface area (Å²) < 4.78 is 14.7. The molecule has 4 atom stereocenters. The first-order valence-electron chi connectivity index (χ1n) is 11.5. The number of hydrogen-bond donors (Lipinski definition) is 4. The summed E-state index contributed by atoms with van der Waals surface area (Å²) in [5, 5.41) is 13.4. The normalized spacial score (nSPS) is 28.3. The second kappa shape index (κ2) is 10.5. The first kappa shape index (κ1) is 24.9. The maximum atomic E-state index is 14.7. The third-order valence-corrected chi connectivity index (χ3v) is 7.72. The maximum absolute atomic E-state index is 14.7. The second-order valence-electron chi connectivity index (χ2n) is 8.98. The predicted molar refractivity (Wildman–Crippen MR) is 122 cm³/mol. The van der Waals surface area contributed by atoms with E-state index >= 15 is 0 Å². The Morgan fingerprint density at radius 2 is 1.97 bits per heavy atom. The van der Waals surface area contributed by atoms with Crippen LogP contribution in [0.1, 0.15) is 74.3 Å². The first-order valence-corrected chi connectivity index (χ1v) is 11.8. The van der Waals surface area contributed by atoms with E-state index in [0.29, 0.717) is 12.1 Å². The number of aliphatic carboxylic acids is 1. The zero-order valence-electron chi connectivity index (χ0n) is 18.7. The molecule has 1 saturated carbocycles. The molecule has 3 rings (SSSR count). The minimum Gasteiger partial charge on any atom is -0.480 e. The quantitative estimate of drug-likeness (QED) is 0.361. The van der Waals surface area contributed by atoms with Crippen LogP contribution in [0.3, 0.4) is 0 Å². The zero-order valence-corrected chi connectivity index (χ0v) is 19.5. The van der Waals surface area contributed by atoms with Crippen LogP contribution in [0.2, 0.25) is 0 Å². The lowest BCUT2D eigenvalue weighted by Gasteiger charge is -2.40. The molecule has 1 amide bonds. The van der Waals surface area contributed by atoms with Crippen molar-refractivity contribution < 1.29 is 19.1 Å². The van der Waals surface area contributed by atoms with Crippen molar-refractivity contribution in [1.82, 2.24) is 15.8 Å². The Balaban J connectivity index is 1.94. The standard InChI is InChI=1S/C23H34ClFN4O3/c1-3-29-20(23(24,14(2)28-29)17-8-6-4-5-7-9-17)15-10-16(12-18(25)11-15)21(30)27-13-19(26)22(31)32/h10-12,14,17,19-20,28H,3-9,13,26H2,1-2H3,(H,27,30)(H,31,32)/t14?,19-,20?,23?/m1/s1. The summed E-state index contributed by atoms with van der Waals surface area (Å²) in [6, 6.07) is 2.69. The molecule has 178 valence electrons. The number of hydrogen-bond acceptors (Lipinski definition) is 5. The van der Waals surface area contributed by atoms with Crippen molar-refractivity contribution in [2.45, 2.75) is 75.4 Å². The van der Waals surface area contributed by atoms with Crippen molar-refractivity contribution in [3.63, 3.8) is 0 Å². The molecule has 0 radical (unpaired) electrons. The van der Waals surface area contributed by atoms with Gasteiger partial charge in [-0.05, 0) is 49.4 Å². The molecule has 7 nitrogen and oxygen atoms in total. The number of amides is 1. The lowest BCUT2D eigenvalue weighted by atomic mass is 9.75. The summed E-state index contributed by atoms with van der Waals surface area (Å²) >= 11 is 7.46. The Hall–Kier alpha value is -1.74. The van der Waals surface area contributed by atoms with Gasteiger partial charge in [0.25, 0.3) is 5.91 Å². The van der Waals surface area contributed by atoms with Gasteiger partial charge in [0.2, 0.25) is 0 Å². The van der Waals surface area contributed by atoms with Gasteiger partial charge in [0.1, 0.15) is 11.9 Å². The van der Waals surface area contributed by atoms with Gasteiger partial charge in [-0.25, -0.2) is 14.8 Å². The minimum atomic E-state index is -1.23. The van der Waals surface area contributed by atoms with Crippen molar-refractivity contribution in [3.8, 4) is 0 Å². The van der Waals surface area contributed by atoms with Crippen molar-refractivity contribution >= 4 is 23.5 Å². The average molecular weight is 469 g/mol. The van der Waals surface area contributed by atoms with Gasteiger partial charge in [-0.3, -0.25) is 9.59 Å². The van der Waals surface area contributed by atoms with Crippen molar-refractivity contribution in [2.75, 3.05) is 13.1 Å². The number of halogens is 2. The minimum absolute atomic E-state index is 0.0219. The van der Waals surface area contributed by atoms with Gasteiger partial charge in [0.05, 0.1) is 10.9 Å². The summed E-state index contributed by atoms with van der Waals surface area (Å²) in [5.74, 6) is -2.06. The van der Waals surface area contributed by atoms with Crippen molar-refractivity contribution in [2.24, 2.45) is 11.7 Å². The van der Waals surface area contributed by atoms with Crippen LogP contribution in [0.5, 0.6) is 0 Å². The van der Waals surface area contributed by atoms with Gasteiger partial charge in [-0.1, -0.05) is 32.6 Å². The number of alkyl halides is 1. The molecule has 1 aromatic rings. The molecular formula is C23H34ClFN4O3. The Labute approximate surface area is 193 Å². The highest BCUT2D eigenvalue weighted by Crippen LogP contribution is 2.52. The first-order chi connectivity index (χ1) is 15.2. The van der Waals surface area contributed by atoms with Crippen LogP contribution in [0, 0.1) is 11.7 Å². The largest absolute Gasteiger partial charge is 0.480 e. The van der Waals surface area contributed by atoms with Gasteiger partial charge in [-0.15, -0.1) is 11.6 Å². The molecule has 1 saturated heterocycles. The number of carboxylic acids is 1. The van der Waals surface area contributed by atoms with E-state index in [0.717, 1.165) is 31.7 Å². The fourth-order valence-electron chi connectivity index (χ4n) is 5.20. The van der Waals surface area contributed by atoms with Crippen LogP contribution < -0.4 is 16.5 Å². The smallest absolute Gasteiger partial charge is 0.322 e. The number of rotatable bonds is 7. The fourth-order valence-corrected chi connectivity index (χ4v) is 5.71. The Morgan fingerprint density at radius 3 is 2.56 bits per heavy atom. The number of carbonyl (C=O) groups excluding carboxylic acids is 1. The number of carbonyl (C=O) groups is 2. The van der Waals surface area contributed by atoms with E-state index in [-0.39, 0.29) is 30.1 Å². The third kappa shape index (κ3) is 5.09. The van der Waals surface area contributed by atoms with E-state index in [2.05, 4.69) is 17.7 Å². The summed E-state index contributed by atoms with van der Waals surface area (Å²) in [4.78, 5) is 22.9. The van der Waals surface area contributed by atoms with E-state index in [1.165, 1.54) is 18.9 Å².